The molecular weight excluding hydrogens is 278 g/mol. The van der Waals surface area contributed by atoms with Crippen LogP contribution in [0, 0.1) is 5.95 Å². The summed E-state index contributed by atoms with van der Waals surface area (Å²) in [5, 5.41) is 8.98. The van der Waals surface area contributed by atoms with Gasteiger partial charge in [0.25, 0.3) is 0 Å². The number of benzene rings is 1. The number of halogens is 4. The molecule has 0 aliphatic heterocycles. The summed E-state index contributed by atoms with van der Waals surface area (Å²) >= 11 is 0. The summed E-state index contributed by atoms with van der Waals surface area (Å²) in [5.41, 5.74) is 0.0183. The molecule has 0 aliphatic carbocycles. The van der Waals surface area contributed by atoms with Crippen LogP contribution in [0.2, 0.25) is 0 Å². The number of para-hydroxylation sites is 1. The van der Waals surface area contributed by atoms with Gasteiger partial charge >= 0.3 is 6.36 Å². The molecule has 0 bridgehead atoms. The van der Waals surface area contributed by atoms with Crippen molar-refractivity contribution in [3.8, 4) is 16.9 Å². The molecule has 0 aliphatic rings. The van der Waals surface area contributed by atoms with Gasteiger partial charge in [-0.1, -0.05) is 18.2 Å². The van der Waals surface area contributed by atoms with Crippen LogP contribution in [-0.2, 0) is 6.61 Å². The maximum absolute atomic E-state index is 13.7. The van der Waals surface area contributed by atoms with Crippen LogP contribution in [0.1, 0.15) is 5.56 Å². The zero-order valence-corrected chi connectivity index (χ0v) is 9.99. The summed E-state index contributed by atoms with van der Waals surface area (Å²) < 4.78 is 54.5. The summed E-state index contributed by atoms with van der Waals surface area (Å²) in [5.74, 6) is -1.48. The first-order valence-corrected chi connectivity index (χ1v) is 5.51. The fourth-order valence-electron chi connectivity index (χ4n) is 1.67. The highest BCUT2D eigenvalue weighted by Gasteiger charge is 2.32. The van der Waals surface area contributed by atoms with Crippen LogP contribution in [-0.4, -0.2) is 16.5 Å². The van der Waals surface area contributed by atoms with Crippen LogP contribution >= 0.6 is 0 Å². The van der Waals surface area contributed by atoms with Gasteiger partial charge in [0.2, 0.25) is 5.95 Å². The van der Waals surface area contributed by atoms with Crippen LogP contribution in [0.5, 0.6) is 5.75 Å². The number of aliphatic hydroxyl groups excluding tert-OH is 1. The van der Waals surface area contributed by atoms with E-state index in [9.17, 15) is 17.6 Å². The van der Waals surface area contributed by atoms with Crippen molar-refractivity contribution in [2.24, 2.45) is 0 Å². The van der Waals surface area contributed by atoms with E-state index in [1.165, 1.54) is 24.3 Å². The van der Waals surface area contributed by atoms with Crippen molar-refractivity contribution in [3.63, 3.8) is 0 Å². The molecule has 20 heavy (non-hydrogen) atoms. The van der Waals surface area contributed by atoms with Gasteiger partial charge in [-0.2, -0.15) is 4.39 Å². The fourth-order valence-corrected chi connectivity index (χ4v) is 1.67. The van der Waals surface area contributed by atoms with Crippen molar-refractivity contribution in [3.05, 3.63) is 48.0 Å². The molecule has 0 saturated heterocycles. The first kappa shape index (κ1) is 14.3. The van der Waals surface area contributed by atoms with Gasteiger partial charge in [0.1, 0.15) is 5.75 Å². The number of aromatic nitrogens is 1. The molecule has 0 unspecified atom stereocenters. The molecule has 1 N–H and O–H groups in total. The molecule has 1 aromatic carbocycles. The Morgan fingerprint density at radius 2 is 1.85 bits per heavy atom. The van der Waals surface area contributed by atoms with E-state index in [-0.39, 0.29) is 16.7 Å². The zero-order valence-electron chi connectivity index (χ0n) is 9.99. The van der Waals surface area contributed by atoms with E-state index in [2.05, 4.69) is 9.72 Å². The Morgan fingerprint density at radius 1 is 1.15 bits per heavy atom. The molecule has 106 valence electrons. The molecule has 1 aromatic heterocycles. The van der Waals surface area contributed by atoms with Gasteiger partial charge in [-0.15, -0.1) is 13.2 Å². The molecule has 0 radical (unpaired) electrons. The Labute approximate surface area is 111 Å². The SMILES string of the molecule is OCc1cnc(F)c(-c2ccccc2OC(F)(F)F)c1. The van der Waals surface area contributed by atoms with E-state index in [0.717, 1.165) is 12.3 Å². The van der Waals surface area contributed by atoms with Crippen LogP contribution in [0.4, 0.5) is 17.6 Å². The van der Waals surface area contributed by atoms with E-state index in [0.29, 0.717) is 0 Å². The third-order valence-corrected chi connectivity index (χ3v) is 2.48. The lowest BCUT2D eigenvalue weighted by atomic mass is 10.0. The van der Waals surface area contributed by atoms with Crippen molar-refractivity contribution in [1.82, 2.24) is 4.98 Å². The summed E-state index contributed by atoms with van der Waals surface area (Å²) in [7, 11) is 0. The van der Waals surface area contributed by atoms with Gasteiger partial charge in [0.15, 0.2) is 0 Å². The number of alkyl halides is 3. The van der Waals surface area contributed by atoms with Gasteiger partial charge in [0, 0.05) is 17.3 Å². The third-order valence-electron chi connectivity index (χ3n) is 2.48. The van der Waals surface area contributed by atoms with Crippen LogP contribution in [0.15, 0.2) is 36.5 Å². The standard InChI is InChI=1S/C13H9F4NO2/c14-12-10(5-8(7-19)6-18-12)9-3-1-2-4-11(9)20-13(15,16)17/h1-6,19H,7H2. The number of nitrogens with zero attached hydrogens (tertiary/aromatic N) is 1. The normalized spacial score (nSPS) is 11.4. The van der Waals surface area contributed by atoms with Gasteiger partial charge in [-0.25, -0.2) is 4.98 Å². The van der Waals surface area contributed by atoms with Crippen LogP contribution in [0.3, 0.4) is 0 Å². The summed E-state index contributed by atoms with van der Waals surface area (Å²) in [6.45, 7) is -0.400. The lowest BCUT2D eigenvalue weighted by Crippen LogP contribution is -2.17. The van der Waals surface area contributed by atoms with Gasteiger partial charge in [-0.05, 0) is 17.7 Å². The lowest BCUT2D eigenvalue weighted by Gasteiger charge is -2.13. The molecule has 2 rings (SSSR count). The summed E-state index contributed by atoms with van der Waals surface area (Å²) in [6, 6.07) is 6.37. The van der Waals surface area contributed by atoms with E-state index in [1.54, 1.807) is 0 Å². The van der Waals surface area contributed by atoms with Gasteiger partial charge in [-0.3, -0.25) is 0 Å². The average Bonchev–Trinajstić information content (AvgIpc) is 2.38. The Morgan fingerprint density at radius 3 is 2.50 bits per heavy atom. The van der Waals surface area contributed by atoms with E-state index in [4.69, 9.17) is 5.11 Å². The van der Waals surface area contributed by atoms with Crippen LogP contribution < -0.4 is 4.74 Å². The Balaban J connectivity index is 2.52. The van der Waals surface area contributed by atoms with Crippen molar-refractivity contribution in [2.45, 2.75) is 13.0 Å². The van der Waals surface area contributed by atoms with Crippen molar-refractivity contribution in [2.75, 3.05) is 0 Å². The molecule has 2 aromatic rings. The Hall–Kier alpha value is -2.15. The maximum Gasteiger partial charge on any atom is 0.573 e. The molecule has 0 fully saturated rings. The second-order valence-corrected chi connectivity index (χ2v) is 3.88. The Bertz CT molecular complexity index is 614. The van der Waals surface area contributed by atoms with Crippen molar-refractivity contribution < 1.29 is 27.4 Å². The molecule has 3 nitrogen and oxygen atoms in total. The largest absolute Gasteiger partial charge is 0.573 e. The minimum Gasteiger partial charge on any atom is -0.405 e. The zero-order chi connectivity index (χ0) is 14.8. The molecule has 0 atom stereocenters. The number of rotatable bonds is 3. The first-order valence-electron chi connectivity index (χ1n) is 5.51. The highest BCUT2D eigenvalue weighted by Crippen LogP contribution is 2.34. The third kappa shape index (κ3) is 3.24. The molecule has 0 spiro atoms. The number of ether oxygens (including phenoxy) is 1. The van der Waals surface area contributed by atoms with Crippen molar-refractivity contribution >= 4 is 0 Å². The summed E-state index contributed by atoms with van der Waals surface area (Å²) in [6.07, 6.45) is -3.78. The average molecular weight is 287 g/mol. The second-order valence-electron chi connectivity index (χ2n) is 3.88. The molecule has 1 heterocycles. The quantitative estimate of drug-likeness (QED) is 0.696. The van der Waals surface area contributed by atoms with Crippen LogP contribution in [0.25, 0.3) is 11.1 Å². The predicted octanol–water partition coefficient (Wildman–Crippen LogP) is 3.28. The maximum atomic E-state index is 13.7. The smallest absolute Gasteiger partial charge is 0.405 e. The topological polar surface area (TPSA) is 42.4 Å². The number of aliphatic hydroxyl groups is 1. The highest BCUT2D eigenvalue weighted by atomic mass is 19.4. The second kappa shape index (κ2) is 5.46. The van der Waals surface area contributed by atoms with Crippen molar-refractivity contribution in [1.29, 1.82) is 0 Å². The Kier molecular flexibility index (Phi) is 3.89. The molecule has 7 heteroatoms. The molecule has 0 saturated carbocycles. The highest BCUT2D eigenvalue weighted by molar-refractivity contribution is 5.70. The predicted molar refractivity (Wildman–Crippen MR) is 62.2 cm³/mol. The number of hydrogen-bond acceptors (Lipinski definition) is 3. The molecular formula is C13H9F4NO2. The fraction of sp³-hybridized carbons (Fsp3) is 0.154. The van der Waals surface area contributed by atoms with E-state index < -0.39 is 24.7 Å². The molecule has 0 amide bonds. The lowest BCUT2D eigenvalue weighted by molar-refractivity contribution is -0.274. The minimum atomic E-state index is -4.88. The first-order chi connectivity index (χ1) is 9.40. The van der Waals surface area contributed by atoms with E-state index in [1.807, 2.05) is 0 Å². The monoisotopic (exact) mass is 287 g/mol. The summed E-state index contributed by atoms with van der Waals surface area (Å²) in [4.78, 5) is 3.40. The number of pyridine rings is 1. The van der Waals surface area contributed by atoms with Gasteiger partial charge < -0.3 is 9.84 Å². The van der Waals surface area contributed by atoms with E-state index >= 15 is 0 Å². The number of hydrogen-bond donors (Lipinski definition) is 1. The minimum absolute atomic E-state index is 0.0925. The van der Waals surface area contributed by atoms with Gasteiger partial charge in [0.05, 0.1) is 6.61 Å².